The molecule has 0 unspecified atom stereocenters. The first kappa shape index (κ1) is 28.1. The molecule has 9 nitrogen and oxygen atoms in total. The molecule has 0 spiro atoms. The Kier molecular flexibility index (Phi) is 7.17. The highest BCUT2D eigenvalue weighted by Gasteiger charge is 2.38. The van der Waals surface area contributed by atoms with Gasteiger partial charge in [0.2, 0.25) is 11.6 Å². The topological polar surface area (TPSA) is 101 Å². The zero-order valence-electron chi connectivity index (χ0n) is 22.8. The SMILES string of the molecule is CCOC(=O)N1CCC(=C(c2cc(Cl)c3c(c2)C(=O)OC(C)(C)O3)c2cc(Cl)c3c(c2)C(=O)OC(C)(C)O3)CC1. The molecule has 2 aromatic carbocycles. The maximum atomic E-state index is 12.9. The first-order chi connectivity index (χ1) is 18.8. The zero-order chi connectivity index (χ0) is 29.0. The van der Waals surface area contributed by atoms with Crippen molar-refractivity contribution < 1.29 is 38.1 Å². The van der Waals surface area contributed by atoms with E-state index < -0.39 is 23.5 Å². The van der Waals surface area contributed by atoms with Gasteiger partial charge in [0.1, 0.15) is 11.1 Å². The summed E-state index contributed by atoms with van der Waals surface area (Å²) in [5.41, 5.74) is 3.25. The summed E-state index contributed by atoms with van der Waals surface area (Å²) in [6.45, 7) is 9.40. The van der Waals surface area contributed by atoms with E-state index in [0.717, 1.165) is 5.57 Å². The first-order valence-electron chi connectivity index (χ1n) is 12.9. The number of rotatable bonds is 3. The molecule has 3 heterocycles. The van der Waals surface area contributed by atoms with Crippen molar-refractivity contribution in [2.24, 2.45) is 0 Å². The lowest BCUT2D eigenvalue weighted by molar-refractivity contribution is -0.128. The van der Waals surface area contributed by atoms with Crippen LogP contribution in [0.3, 0.4) is 0 Å². The largest absolute Gasteiger partial charge is 0.450 e. The van der Waals surface area contributed by atoms with E-state index in [-0.39, 0.29) is 45.4 Å². The minimum Gasteiger partial charge on any atom is -0.450 e. The number of carbonyl (C=O) groups is 3. The lowest BCUT2D eigenvalue weighted by Crippen LogP contribution is -2.39. The van der Waals surface area contributed by atoms with E-state index in [4.69, 9.17) is 46.9 Å². The van der Waals surface area contributed by atoms with Gasteiger partial charge in [-0.15, -0.1) is 0 Å². The number of benzene rings is 2. The molecule has 1 amide bonds. The lowest BCUT2D eigenvalue weighted by atomic mass is 9.86. The van der Waals surface area contributed by atoms with Crippen LogP contribution < -0.4 is 9.47 Å². The Bertz CT molecular complexity index is 1360. The van der Waals surface area contributed by atoms with E-state index in [1.807, 2.05) is 0 Å². The van der Waals surface area contributed by atoms with Crippen LogP contribution >= 0.6 is 23.2 Å². The van der Waals surface area contributed by atoms with Gasteiger partial charge in [0.25, 0.3) is 0 Å². The molecule has 0 aromatic heterocycles. The van der Waals surface area contributed by atoms with E-state index in [0.29, 0.717) is 42.6 Å². The van der Waals surface area contributed by atoms with E-state index >= 15 is 0 Å². The summed E-state index contributed by atoms with van der Waals surface area (Å²) in [5, 5.41) is 0.459. The Morgan fingerprint density at radius 3 is 1.70 bits per heavy atom. The molecule has 2 aromatic rings. The summed E-state index contributed by atoms with van der Waals surface area (Å²) < 4.78 is 27.7. The van der Waals surface area contributed by atoms with Gasteiger partial charge in [-0.25, -0.2) is 14.4 Å². The average Bonchev–Trinajstić information content (AvgIpc) is 2.85. The van der Waals surface area contributed by atoms with Crippen LogP contribution in [-0.4, -0.2) is 54.2 Å². The van der Waals surface area contributed by atoms with Crippen LogP contribution in [-0.2, 0) is 14.2 Å². The highest BCUT2D eigenvalue weighted by Crippen LogP contribution is 2.45. The van der Waals surface area contributed by atoms with E-state index in [9.17, 15) is 14.4 Å². The van der Waals surface area contributed by atoms with Gasteiger partial charge in [-0.3, -0.25) is 0 Å². The molecule has 11 heteroatoms. The fraction of sp³-hybridized carbons (Fsp3) is 0.414. The number of fused-ring (bicyclic) bond motifs is 2. The van der Waals surface area contributed by atoms with Gasteiger partial charge in [0, 0.05) is 40.8 Å². The number of hydrogen-bond acceptors (Lipinski definition) is 8. The molecule has 0 atom stereocenters. The summed E-state index contributed by atoms with van der Waals surface area (Å²) in [5.74, 6) is -3.02. The van der Waals surface area contributed by atoms with Gasteiger partial charge < -0.3 is 28.6 Å². The maximum Gasteiger partial charge on any atom is 0.409 e. The molecule has 40 heavy (non-hydrogen) atoms. The van der Waals surface area contributed by atoms with Crippen molar-refractivity contribution in [2.45, 2.75) is 59.0 Å². The van der Waals surface area contributed by atoms with E-state index in [1.165, 1.54) is 0 Å². The van der Waals surface area contributed by atoms with E-state index in [1.54, 1.807) is 63.8 Å². The fourth-order valence-corrected chi connectivity index (χ4v) is 5.59. The van der Waals surface area contributed by atoms with Crippen molar-refractivity contribution in [1.82, 2.24) is 4.90 Å². The number of ether oxygens (including phenoxy) is 5. The zero-order valence-corrected chi connectivity index (χ0v) is 24.3. The van der Waals surface area contributed by atoms with Crippen molar-refractivity contribution in [3.8, 4) is 11.5 Å². The van der Waals surface area contributed by atoms with Crippen molar-refractivity contribution in [3.63, 3.8) is 0 Å². The van der Waals surface area contributed by atoms with Crippen LogP contribution in [0.2, 0.25) is 10.0 Å². The standard InChI is InChI=1S/C29H29Cl2NO8/c1-6-36-27(35)32-9-7-15(8-10-32)22(16-11-18-23(20(30)13-16)37-28(2,3)39-25(18)33)17-12-19-24(21(31)14-17)38-29(4,5)40-26(19)34/h11-14H,6-10H2,1-5H3. The smallest absolute Gasteiger partial charge is 0.409 e. The highest BCUT2D eigenvalue weighted by molar-refractivity contribution is 6.33. The first-order valence-corrected chi connectivity index (χ1v) is 13.7. The van der Waals surface area contributed by atoms with Crippen molar-refractivity contribution >= 4 is 46.8 Å². The van der Waals surface area contributed by atoms with Gasteiger partial charge in [-0.05, 0) is 60.7 Å². The fourth-order valence-electron chi connectivity index (χ4n) is 5.07. The molecular weight excluding hydrogens is 561 g/mol. The van der Waals surface area contributed by atoms with Crippen LogP contribution in [0.4, 0.5) is 4.79 Å². The quantitative estimate of drug-likeness (QED) is 0.291. The predicted molar refractivity (Wildman–Crippen MR) is 147 cm³/mol. The third-order valence-corrected chi connectivity index (χ3v) is 7.29. The maximum absolute atomic E-state index is 12.9. The van der Waals surface area contributed by atoms with E-state index in [2.05, 4.69) is 0 Å². The number of likely N-dealkylation sites (tertiary alicyclic amines) is 1. The second kappa shape index (κ2) is 10.2. The van der Waals surface area contributed by atoms with Crippen LogP contribution in [0.25, 0.3) is 5.57 Å². The third kappa shape index (κ3) is 5.32. The molecule has 5 rings (SSSR count). The normalized spacial score (nSPS) is 18.9. The summed E-state index contributed by atoms with van der Waals surface area (Å²) in [4.78, 5) is 39.8. The number of hydrogen-bond donors (Lipinski definition) is 0. The van der Waals surface area contributed by atoms with Gasteiger partial charge in [0.15, 0.2) is 11.5 Å². The number of amides is 1. The molecule has 1 fully saturated rings. The van der Waals surface area contributed by atoms with Gasteiger partial charge >= 0.3 is 18.0 Å². The molecule has 1 saturated heterocycles. The molecule has 0 bridgehead atoms. The molecule has 0 radical (unpaired) electrons. The summed E-state index contributed by atoms with van der Waals surface area (Å²) in [6, 6.07) is 6.73. The molecule has 3 aliphatic heterocycles. The Morgan fingerprint density at radius 1 is 0.825 bits per heavy atom. The minimum atomic E-state index is -1.17. The number of cyclic esters (lactones) is 2. The summed E-state index contributed by atoms with van der Waals surface area (Å²) in [6.07, 6.45) is 0.653. The highest BCUT2D eigenvalue weighted by atomic mass is 35.5. The van der Waals surface area contributed by atoms with Crippen LogP contribution in [0.5, 0.6) is 11.5 Å². The molecule has 0 saturated carbocycles. The second-order valence-electron chi connectivity index (χ2n) is 10.6. The van der Waals surface area contributed by atoms with Crippen LogP contribution in [0.15, 0.2) is 29.8 Å². The number of nitrogens with zero attached hydrogens (tertiary/aromatic N) is 1. The van der Waals surface area contributed by atoms with Gasteiger partial charge in [-0.1, -0.05) is 28.8 Å². The minimum absolute atomic E-state index is 0.178. The third-order valence-electron chi connectivity index (χ3n) is 6.72. The Morgan fingerprint density at radius 2 is 1.27 bits per heavy atom. The molecular formula is C29H29Cl2NO8. The summed E-state index contributed by atoms with van der Waals surface area (Å²) >= 11 is 13.3. The lowest BCUT2D eigenvalue weighted by Gasteiger charge is -2.34. The Hall–Kier alpha value is -3.43. The van der Waals surface area contributed by atoms with Crippen molar-refractivity contribution in [3.05, 3.63) is 62.1 Å². The number of esters is 2. The van der Waals surface area contributed by atoms with Crippen molar-refractivity contribution in [1.29, 1.82) is 0 Å². The number of carbonyl (C=O) groups excluding carboxylic acids is 3. The number of piperidine rings is 1. The molecule has 3 aliphatic rings. The van der Waals surface area contributed by atoms with Gasteiger partial charge in [-0.2, -0.15) is 0 Å². The van der Waals surface area contributed by atoms with Crippen LogP contribution in [0, 0.1) is 0 Å². The number of halogens is 2. The monoisotopic (exact) mass is 589 g/mol. The predicted octanol–water partition coefficient (Wildman–Crippen LogP) is 6.62. The van der Waals surface area contributed by atoms with Crippen LogP contribution in [0.1, 0.15) is 79.3 Å². The summed E-state index contributed by atoms with van der Waals surface area (Å²) in [7, 11) is 0. The Labute approximate surface area is 241 Å². The molecule has 212 valence electrons. The van der Waals surface area contributed by atoms with Gasteiger partial charge in [0.05, 0.1) is 16.7 Å². The molecule has 0 aliphatic carbocycles. The Balaban J connectivity index is 1.65. The average molecular weight is 590 g/mol. The second-order valence-corrected chi connectivity index (χ2v) is 11.4. The molecule has 0 N–H and O–H groups in total. The van der Waals surface area contributed by atoms with Crippen molar-refractivity contribution in [2.75, 3.05) is 19.7 Å².